The van der Waals surface area contributed by atoms with Gasteiger partial charge >= 0.3 is 0 Å². The average Bonchev–Trinajstić information content (AvgIpc) is 2.89. The number of benzene rings is 1. The molecule has 0 spiro atoms. The fourth-order valence-electron chi connectivity index (χ4n) is 3.66. The first-order chi connectivity index (χ1) is 11.2. The molecule has 4 nitrogen and oxygen atoms in total. The normalized spacial score (nSPS) is 17.5. The van der Waals surface area contributed by atoms with Crippen molar-refractivity contribution in [3.8, 4) is 0 Å². The van der Waals surface area contributed by atoms with Crippen LogP contribution in [0.3, 0.4) is 0 Å². The summed E-state index contributed by atoms with van der Waals surface area (Å²) in [7, 11) is 0. The topological polar surface area (TPSA) is 49.5 Å². The molecule has 124 valence electrons. The first-order valence-electron chi connectivity index (χ1n) is 8.55. The minimum absolute atomic E-state index is 0.229. The highest BCUT2D eigenvalue weighted by Gasteiger charge is 2.27. The fraction of sp³-hybridized carbons (Fsp3) is 0.526. The molecule has 0 amide bonds. The van der Waals surface area contributed by atoms with E-state index in [1.807, 2.05) is 13.8 Å². The minimum Gasteiger partial charge on any atom is -0.396 e. The lowest BCUT2D eigenvalue weighted by molar-refractivity contribution is 0.151. The second-order valence-electron chi connectivity index (χ2n) is 6.46. The molecule has 1 aliphatic carbocycles. The molecule has 0 radical (unpaired) electrons. The van der Waals surface area contributed by atoms with Gasteiger partial charge in [-0.2, -0.15) is 0 Å². The molecule has 3 rings (SSSR count). The number of hydrogen-bond donors (Lipinski definition) is 1. The van der Waals surface area contributed by atoms with Crippen LogP contribution in [0.4, 0.5) is 0 Å². The van der Waals surface area contributed by atoms with Gasteiger partial charge in [-0.3, -0.25) is 4.90 Å². The van der Waals surface area contributed by atoms with Crippen molar-refractivity contribution in [2.75, 3.05) is 13.2 Å². The maximum atomic E-state index is 9.29. The summed E-state index contributed by atoms with van der Waals surface area (Å²) < 4.78 is 5.33. The van der Waals surface area contributed by atoms with E-state index in [0.29, 0.717) is 6.04 Å². The first-order valence-corrected chi connectivity index (χ1v) is 8.55. The summed E-state index contributed by atoms with van der Waals surface area (Å²) in [6, 6.07) is 9.20. The fourth-order valence-corrected chi connectivity index (χ4v) is 3.66. The molecule has 0 fully saturated rings. The van der Waals surface area contributed by atoms with Crippen LogP contribution >= 0.6 is 0 Å². The molecule has 1 atom stereocenters. The van der Waals surface area contributed by atoms with Crippen LogP contribution in [-0.2, 0) is 13.0 Å². The Labute approximate surface area is 138 Å². The molecule has 0 bridgehead atoms. The van der Waals surface area contributed by atoms with E-state index in [0.717, 1.165) is 31.0 Å². The van der Waals surface area contributed by atoms with Crippen molar-refractivity contribution < 1.29 is 9.63 Å². The number of nitrogens with zero attached hydrogens (tertiary/aromatic N) is 2. The van der Waals surface area contributed by atoms with Gasteiger partial charge < -0.3 is 9.63 Å². The van der Waals surface area contributed by atoms with Crippen molar-refractivity contribution in [1.82, 2.24) is 10.1 Å². The summed E-state index contributed by atoms with van der Waals surface area (Å²) in [5.74, 6) is 0.903. The van der Waals surface area contributed by atoms with Crippen LogP contribution in [0.5, 0.6) is 0 Å². The van der Waals surface area contributed by atoms with Crippen molar-refractivity contribution in [1.29, 1.82) is 0 Å². The van der Waals surface area contributed by atoms with Gasteiger partial charge in [-0.05, 0) is 50.7 Å². The van der Waals surface area contributed by atoms with Crippen molar-refractivity contribution in [3.63, 3.8) is 0 Å². The van der Waals surface area contributed by atoms with Gasteiger partial charge in [0.1, 0.15) is 5.76 Å². The first kappa shape index (κ1) is 16.2. The molecule has 0 saturated carbocycles. The van der Waals surface area contributed by atoms with E-state index in [9.17, 15) is 5.11 Å². The molecule has 23 heavy (non-hydrogen) atoms. The highest BCUT2D eigenvalue weighted by molar-refractivity contribution is 5.32. The monoisotopic (exact) mass is 314 g/mol. The second kappa shape index (κ2) is 7.28. The number of aryl methyl sites for hydroxylation is 3. The Bertz CT molecular complexity index is 631. The third kappa shape index (κ3) is 3.48. The van der Waals surface area contributed by atoms with E-state index in [-0.39, 0.29) is 6.61 Å². The summed E-state index contributed by atoms with van der Waals surface area (Å²) in [5.41, 5.74) is 5.08. The number of hydrogen-bond acceptors (Lipinski definition) is 4. The third-order valence-electron chi connectivity index (χ3n) is 4.92. The lowest BCUT2D eigenvalue weighted by atomic mass is 9.86. The number of aromatic nitrogens is 1. The highest BCUT2D eigenvalue weighted by Crippen LogP contribution is 2.35. The zero-order chi connectivity index (χ0) is 16.2. The Morgan fingerprint density at radius 2 is 2.13 bits per heavy atom. The third-order valence-corrected chi connectivity index (χ3v) is 4.92. The van der Waals surface area contributed by atoms with Crippen LogP contribution in [0.25, 0.3) is 0 Å². The van der Waals surface area contributed by atoms with Gasteiger partial charge in [0.2, 0.25) is 0 Å². The van der Waals surface area contributed by atoms with E-state index in [4.69, 9.17) is 4.52 Å². The maximum Gasteiger partial charge on any atom is 0.138 e. The van der Waals surface area contributed by atoms with Gasteiger partial charge in [-0.25, -0.2) is 0 Å². The number of aliphatic hydroxyl groups excluding tert-OH is 1. The lowest BCUT2D eigenvalue weighted by Crippen LogP contribution is -2.32. The predicted octanol–water partition coefficient (Wildman–Crippen LogP) is 3.55. The van der Waals surface area contributed by atoms with Gasteiger partial charge in [-0.15, -0.1) is 0 Å². The van der Waals surface area contributed by atoms with Crippen LogP contribution in [0.1, 0.15) is 53.4 Å². The zero-order valence-electron chi connectivity index (χ0n) is 14.1. The Hall–Kier alpha value is -1.65. The molecule has 0 unspecified atom stereocenters. The lowest BCUT2D eigenvalue weighted by Gasteiger charge is -2.36. The zero-order valence-corrected chi connectivity index (χ0v) is 14.1. The van der Waals surface area contributed by atoms with Gasteiger partial charge in [0, 0.05) is 31.3 Å². The van der Waals surface area contributed by atoms with Gasteiger partial charge in [0.25, 0.3) is 0 Å². The Morgan fingerprint density at radius 3 is 2.87 bits per heavy atom. The van der Waals surface area contributed by atoms with Crippen LogP contribution in [0.2, 0.25) is 0 Å². The smallest absolute Gasteiger partial charge is 0.138 e. The SMILES string of the molecule is Cc1noc(C)c1CN(CCCO)[C@@H]1CCCc2ccccc21. The van der Waals surface area contributed by atoms with Crippen molar-refractivity contribution in [2.24, 2.45) is 0 Å². The summed E-state index contributed by atoms with van der Waals surface area (Å²) in [6.07, 6.45) is 4.36. The minimum atomic E-state index is 0.229. The van der Waals surface area contributed by atoms with Crippen molar-refractivity contribution in [3.05, 3.63) is 52.4 Å². The molecule has 1 aliphatic rings. The second-order valence-corrected chi connectivity index (χ2v) is 6.46. The predicted molar refractivity (Wildman–Crippen MR) is 90.2 cm³/mol. The molecule has 1 aromatic heterocycles. The van der Waals surface area contributed by atoms with E-state index < -0.39 is 0 Å². The summed E-state index contributed by atoms with van der Waals surface area (Å²) in [6.45, 7) is 5.94. The summed E-state index contributed by atoms with van der Waals surface area (Å²) in [4.78, 5) is 2.49. The molecule has 2 aromatic rings. The molecular weight excluding hydrogens is 288 g/mol. The van der Waals surface area contributed by atoms with E-state index in [2.05, 4.69) is 34.3 Å². The highest BCUT2D eigenvalue weighted by atomic mass is 16.5. The largest absolute Gasteiger partial charge is 0.396 e. The van der Waals surface area contributed by atoms with Crippen molar-refractivity contribution in [2.45, 2.75) is 52.1 Å². The Balaban J connectivity index is 1.88. The average molecular weight is 314 g/mol. The van der Waals surface area contributed by atoms with Gasteiger partial charge in [0.15, 0.2) is 0 Å². The van der Waals surface area contributed by atoms with Crippen molar-refractivity contribution >= 4 is 0 Å². The molecule has 1 N–H and O–H groups in total. The van der Waals surface area contributed by atoms with Gasteiger partial charge in [0.05, 0.1) is 5.69 Å². The molecule has 1 heterocycles. The molecule has 0 saturated heterocycles. The van der Waals surface area contributed by atoms with Crippen LogP contribution in [0, 0.1) is 13.8 Å². The van der Waals surface area contributed by atoms with Gasteiger partial charge in [-0.1, -0.05) is 29.4 Å². The molecule has 4 heteroatoms. The van der Waals surface area contributed by atoms with E-state index in [1.165, 1.54) is 36.0 Å². The number of rotatable bonds is 6. The quantitative estimate of drug-likeness (QED) is 0.886. The molecule has 1 aromatic carbocycles. The van der Waals surface area contributed by atoms with Crippen LogP contribution in [0.15, 0.2) is 28.8 Å². The van der Waals surface area contributed by atoms with Crippen LogP contribution < -0.4 is 0 Å². The Morgan fingerprint density at radius 1 is 1.30 bits per heavy atom. The summed E-state index contributed by atoms with van der Waals surface area (Å²) >= 11 is 0. The molecular formula is C19H26N2O2. The number of aliphatic hydroxyl groups is 1. The summed E-state index contributed by atoms with van der Waals surface area (Å²) in [5, 5.41) is 13.4. The van der Waals surface area contributed by atoms with E-state index in [1.54, 1.807) is 0 Å². The standard InChI is InChI=1S/C19H26N2O2/c1-14-18(15(2)23-20-14)13-21(11-6-12-22)19-10-5-8-16-7-3-4-9-17(16)19/h3-4,7,9,19,22H,5-6,8,10-13H2,1-2H3/t19-/m1/s1. The number of fused-ring (bicyclic) bond motifs is 1. The van der Waals surface area contributed by atoms with Crippen LogP contribution in [-0.4, -0.2) is 28.3 Å². The Kier molecular flexibility index (Phi) is 5.13. The van der Waals surface area contributed by atoms with E-state index >= 15 is 0 Å². The maximum absolute atomic E-state index is 9.29. The molecule has 0 aliphatic heterocycles.